The summed E-state index contributed by atoms with van der Waals surface area (Å²) >= 11 is 0. The summed E-state index contributed by atoms with van der Waals surface area (Å²) in [5.41, 5.74) is 0.383. The smallest absolute Gasteiger partial charge is 0.227 e. The van der Waals surface area contributed by atoms with Gasteiger partial charge in [-0.1, -0.05) is 25.0 Å². The quantitative estimate of drug-likeness (QED) is 0.720. The van der Waals surface area contributed by atoms with Gasteiger partial charge in [-0.2, -0.15) is 0 Å². The molecule has 2 rings (SSSR count). The van der Waals surface area contributed by atoms with Gasteiger partial charge in [0.05, 0.1) is 17.7 Å². The molecule has 0 unspecified atom stereocenters. The standard InChI is InChI=1S/C14H19NO3/c1-10-5-4-6-11(16)13(10)15-12(17)9-14(18)7-2-3-8-14/h4-6,16,18H,2-3,7-9H2,1H3,(H,15,17). The molecule has 0 aromatic heterocycles. The van der Waals surface area contributed by atoms with Gasteiger partial charge in [0.25, 0.3) is 0 Å². The van der Waals surface area contributed by atoms with E-state index >= 15 is 0 Å². The molecule has 98 valence electrons. The molecule has 0 heterocycles. The third-order valence-electron chi connectivity index (χ3n) is 3.54. The minimum Gasteiger partial charge on any atom is -0.506 e. The molecule has 1 amide bonds. The van der Waals surface area contributed by atoms with E-state index in [0.29, 0.717) is 18.5 Å². The van der Waals surface area contributed by atoms with Crippen LogP contribution in [-0.2, 0) is 4.79 Å². The Kier molecular flexibility index (Phi) is 3.57. The summed E-state index contributed by atoms with van der Waals surface area (Å²) in [5, 5.41) is 22.5. The minimum absolute atomic E-state index is 0.0572. The molecule has 0 atom stereocenters. The lowest BCUT2D eigenvalue weighted by Gasteiger charge is -2.21. The number of carbonyl (C=O) groups excluding carboxylic acids is 1. The Bertz CT molecular complexity index is 430. The van der Waals surface area contributed by atoms with Crippen LogP contribution in [0.5, 0.6) is 5.75 Å². The number of anilines is 1. The first-order valence-electron chi connectivity index (χ1n) is 6.31. The van der Waals surface area contributed by atoms with Gasteiger partial charge >= 0.3 is 0 Å². The summed E-state index contributed by atoms with van der Waals surface area (Å²) in [6.45, 7) is 1.82. The lowest BCUT2D eigenvalue weighted by Crippen LogP contribution is -2.30. The number of hydrogen-bond donors (Lipinski definition) is 3. The molecule has 4 heteroatoms. The van der Waals surface area contributed by atoms with Gasteiger partial charge < -0.3 is 15.5 Å². The van der Waals surface area contributed by atoms with Crippen molar-refractivity contribution >= 4 is 11.6 Å². The molecule has 1 aliphatic rings. The molecule has 0 spiro atoms. The van der Waals surface area contributed by atoms with Gasteiger partial charge in [0.15, 0.2) is 0 Å². The monoisotopic (exact) mass is 249 g/mol. The zero-order chi connectivity index (χ0) is 13.2. The molecular weight excluding hydrogens is 230 g/mol. The Morgan fingerprint density at radius 3 is 2.67 bits per heavy atom. The summed E-state index contributed by atoms with van der Waals surface area (Å²) < 4.78 is 0. The molecule has 0 saturated heterocycles. The molecule has 1 aliphatic carbocycles. The second-order valence-electron chi connectivity index (χ2n) is 5.13. The van der Waals surface area contributed by atoms with Gasteiger partial charge in [0.2, 0.25) is 5.91 Å². The van der Waals surface area contributed by atoms with Crippen molar-refractivity contribution in [2.24, 2.45) is 0 Å². The summed E-state index contributed by atoms with van der Waals surface area (Å²) in [4.78, 5) is 11.9. The molecular formula is C14H19NO3. The lowest BCUT2D eigenvalue weighted by molar-refractivity contribution is -0.120. The number of para-hydroxylation sites is 1. The minimum atomic E-state index is -0.859. The van der Waals surface area contributed by atoms with Crippen LogP contribution in [0.25, 0.3) is 0 Å². The normalized spacial score (nSPS) is 17.7. The maximum Gasteiger partial charge on any atom is 0.227 e. The van der Waals surface area contributed by atoms with E-state index in [4.69, 9.17) is 0 Å². The fourth-order valence-corrected chi connectivity index (χ4v) is 2.51. The third kappa shape index (κ3) is 2.82. The third-order valence-corrected chi connectivity index (χ3v) is 3.54. The number of phenols is 1. The molecule has 1 aromatic rings. The molecule has 3 N–H and O–H groups in total. The Balaban J connectivity index is 2.03. The average molecular weight is 249 g/mol. The number of phenolic OH excluding ortho intramolecular Hbond substituents is 1. The highest BCUT2D eigenvalue weighted by molar-refractivity contribution is 5.93. The number of nitrogens with one attached hydrogen (secondary N) is 1. The number of hydrogen-bond acceptors (Lipinski definition) is 3. The summed E-state index contributed by atoms with van der Waals surface area (Å²) in [6, 6.07) is 5.08. The maximum atomic E-state index is 11.9. The molecule has 0 bridgehead atoms. The van der Waals surface area contributed by atoms with E-state index in [-0.39, 0.29) is 18.1 Å². The highest BCUT2D eigenvalue weighted by Gasteiger charge is 2.33. The molecule has 18 heavy (non-hydrogen) atoms. The summed E-state index contributed by atoms with van der Waals surface area (Å²) in [6.07, 6.45) is 3.40. The molecule has 1 aromatic carbocycles. The molecule has 0 aliphatic heterocycles. The SMILES string of the molecule is Cc1cccc(O)c1NC(=O)CC1(O)CCCC1. The average Bonchev–Trinajstić information content (AvgIpc) is 2.70. The molecule has 1 saturated carbocycles. The van der Waals surface area contributed by atoms with Crippen LogP contribution in [0.3, 0.4) is 0 Å². The largest absolute Gasteiger partial charge is 0.506 e. The van der Waals surface area contributed by atoms with Crippen LogP contribution in [0.4, 0.5) is 5.69 Å². The van der Waals surface area contributed by atoms with Crippen molar-refractivity contribution < 1.29 is 15.0 Å². The zero-order valence-corrected chi connectivity index (χ0v) is 10.6. The molecule has 1 fully saturated rings. The maximum absolute atomic E-state index is 11.9. The summed E-state index contributed by atoms with van der Waals surface area (Å²) in [7, 11) is 0. The van der Waals surface area contributed by atoms with E-state index in [9.17, 15) is 15.0 Å². The van der Waals surface area contributed by atoms with Crippen molar-refractivity contribution in [2.45, 2.75) is 44.6 Å². The molecule has 4 nitrogen and oxygen atoms in total. The van der Waals surface area contributed by atoms with Crippen LogP contribution in [0, 0.1) is 6.92 Å². The topological polar surface area (TPSA) is 69.6 Å². The number of aryl methyl sites for hydroxylation is 1. The van der Waals surface area contributed by atoms with Crippen molar-refractivity contribution in [3.63, 3.8) is 0 Å². The number of benzene rings is 1. The van der Waals surface area contributed by atoms with Gasteiger partial charge in [-0.05, 0) is 31.4 Å². The van der Waals surface area contributed by atoms with Crippen LogP contribution in [0.2, 0.25) is 0 Å². The Morgan fingerprint density at radius 2 is 2.06 bits per heavy atom. The predicted octanol–water partition coefficient (Wildman–Crippen LogP) is 2.33. The van der Waals surface area contributed by atoms with Crippen LogP contribution < -0.4 is 5.32 Å². The zero-order valence-electron chi connectivity index (χ0n) is 10.6. The Hall–Kier alpha value is -1.55. The van der Waals surface area contributed by atoms with Crippen molar-refractivity contribution in [3.8, 4) is 5.75 Å². The van der Waals surface area contributed by atoms with Crippen LogP contribution in [-0.4, -0.2) is 21.7 Å². The second-order valence-corrected chi connectivity index (χ2v) is 5.13. The molecule has 0 radical (unpaired) electrons. The predicted molar refractivity (Wildman–Crippen MR) is 69.5 cm³/mol. The van der Waals surface area contributed by atoms with Gasteiger partial charge in [-0.25, -0.2) is 0 Å². The van der Waals surface area contributed by atoms with E-state index in [1.54, 1.807) is 6.07 Å². The fourth-order valence-electron chi connectivity index (χ4n) is 2.51. The highest BCUT2D eigenvalue weighted by atomic mass is 16.3. The van der Waals surface area contributed by atoms with E-state index in [1.807, 2.05) is 13.0 Å². The first-order valence-corrected chi connectivity index (χ1v) is 6.31. The van der Waals surface area contributed by atoms with Crippen molar-refractivity contribution in [2.75, 3.05) is 5.32 Å². The number of aromatic hydroxyl groups is 1. The lowest BCUT2D eigenvalue weighted by atomic mass is 9.97. The van der Waals surface area contributed by atoms with Gasteiger partial charge in [0, 0.05) is 0 Å². The fraction of sp³-hybridized carbons (Fsp3) is 0.500. The van der Waals surface area contributed by atoms with Crippen molar-refractivity contribution in [3.05, 3.63) is 23.8 Å². The second kappa shape index (κ2) is 4.98. The number of aliphatic hydroxyl groups is 1. The number of rotatable bonds is 3. The van der Waals surface area contributed by atoms with E-state index in [1.165, 1.54) is 6.07 Å². The van der Waals surface area contributed by atoms with Crippen molar-refractivity contribution in [1.82, 2.24) is 0 Å². The van der Waals surface area contributed by atoms with Gasteiger partial charge in [-0.15, -0.1) is 0 Å². The van der Waals surface area contributed by atoms with E-state index in [2.05, 4.69) is 5.32 Å². The van der Waals surface area contributed by atoms with Crippen LogP contribution >= 0.6 is 0 Å². The number of carbonyl (C=O) groups is 1. The van der Waals surface area contributed by atoms with Crippen LogP contribution in [0.1, 0.15) is 37.7 Å². The Morgan fingerprint density at radius 1 is 1.39 bits per heavy atom. The van der Waals surface area contributed by atoms with Crippen LogP contribution in [0.15, 0.2) is 18.2 Å². The Labute approximate surface area is 107 Å². The van der Waals surface area contributed by atoms with Gasteiger partial charge in [-0.3, -0.25) is 4.79 Å². The van der Waals surface area contributed by atoms with E-state index < -0.39 is 5.60 Å². The summed E-state index contributed by atoms with van der Waals surface area (Å²) in [5.74, 6) is -0.189. The highest BCUT2D eigenvalue weighted by Crippen LogP contribution is 2.33. The van der Waals surface area contributed by atoms with Gasteiger partial charge in [0.1, 0.15) is 5.75 Å². The number of amides is 1. The van der Waals surface area contributed by atoms with E-state index in [0.717, 1.165) is 18.4 Å². The first-order chi connectivity index (χ1) is 8.50. The first kappa shape index (κ1) is 12.9. The van der Waals surface area contributed by atoms with Crippen molar-refractivity contribution in [1.29, 1.82) is 0 Å².